The van der Waals surface area contributed by atoms with Crippen molar-refractivity contribution in [3.05, 3.63) is 188 Å². The molecule has 0 atom stereocenters. The van der Waals surface area contributed by atoms with Gasteiger partial charge < -0.3 is 9.13 Å². The van der Waals surface area contributed by atoms with Gasteiger partial charge in [0.1, 0.15) is 0 Å². The summed E-state index contributed by atoms with van der Waals surface area (Å²) in [5, 5.41) is 14.5. The van der Waals surface area contributed by atoms with Gasteiger partial charge in [0.25, 0.3) is 0 Å². The number of hydrogen-bond donors (Lipinski definition) is 0. The molecule has 0 N–H and O–H groups in total. The summed E-state index contributed by atoms with van der Waals surface area (Å²) in [6, 6.07) is 66.0. The molecule has 10 aromatic rings. The van der Waals surface area contributed by atoms with Crippen molar-refractivity contribution in [3.8, 4) is 51.1 Å². The topological polar surface area (TPSA) is 46.5 Å². The van der Waals surface area contributed by atoms with Gasteiger partial charge in [-0.2, -0.15) is 5.26 Å². The second-order valence-electron chi connectivity index (χ2n) is 13.1. The molecule has 0 aliphatic rings. The van der Waals surface area contributed by atoms with Crippen molar-refractivity contribution in [2.45, 2.75) is 0 Å². The average Bonchev–Trinajstić information content (AvgIpc) is 3.74. The Bertz CT molecular complexity index is 2940. The molecule has 7 aromatic carbocycles. The number of benzene rings is 7. The van der Waals surface area contributed by atoms with Gasteiger partial charge in [0, 0.05) is 44.0 Å². The van der Waals surface area contributed by atoms with Gasteiger partial charge >= 0.3 is 0 Å². The Labute approximate surface area is 300 Å². The zero-order valence-electron chi connectivity index (χ0n) is 28.1. The number of rotatable bonds is 5. The van der Waals surface area contributed by atoms with E-state index in [0.29, 0.717) is 5.56 Å². The van der Waals surface area contributed by atoms with Crippen LogP contribution in [-0.4, -0.2) is 14.1 Å². The number of fused-ring (bicyclic) bond motifs is 7. The molecule has 0 aliphatic carbocycles. The van der Waals surface area contributed by atoms with Crippen LogP contribution >= 0.6 is 0 Å². The van der Waals surface area contributed by atoms with Gasteiger partial charge in [-0.1, -0.05) is 115 Å². The van der Waals surface area contributed by atoms with Crippen LogP contribution in [0.5, 0.6) is 0 Å². The Kier molecular flexibility index (Phi) is 6.84. The molecule has 242 valence electrons. The minimum absolute atomic E-state index is 0.639. The molecule has 0 saturated carbocycles. The first-order chi connectivity index (χ1) is 25.7. The third kappa shape index (κ3) is 4.72. The molecule has 0 bridgehead atoms. The summed E-state index contributed by atoms with van der Waals surface area (Å²) in [6.45, 7) is 0. The van der Waals surface area contributed by atoms with Gasteiger partial charge in [0.15, 0.2) is 0 Å². The number of hydrogen-bond acceptors (Lipinski definition) is 2. The lowest BCUT2D eigenvalue weighted by Crippen LogP contribution is -1.97. The summed E-state index contributed by atoms with van der Waals surface area (Å²) in [4.78, 5) is 5.25. The van der Waals surface area contributed by atoms with Crippen LogP contribution in [0.4, 0.5) is 0 Å². The fourth-order valence-corrected chi connectivity index (χ4v) is 7.79. The van der Waals surface area contributed by atoms with E-state index < -0.39 is 0 Å². The van der Waals surface area contributed by atoms with Crippen molar-refractivity contribution in [1.82, 2.24) is 14.1 Å². The van der Waals surface area contributed by atoms with Crippen LogP contribution in [0.15, 0.2) is 182 Å². The van der Waals surface area contributed by atoms with Crippen LogP contribution < -0.4 is 0 Å². The molecule has 0 radical (unpaired) electrons. The summed E-state index contributed by atoms with van der Waals surface area (Å²) in [6.07, 6.45) is 0. The Morgan fingerprint density at radius 3 is 1.79 bits per heavy atom. The first-order valence-electron chi connectivity index (χ1n) is 17.4. The third-order valence-corrected chi connectivity index (χ3v) is 10.1. The lowest BCUT2D eigenvalue weighted by atomic mass is 10.00. The Balaban J connectivity index is 1.27. The van der Waals surface area contributed by atoms with E-state index in [1.165, 1.54) is 10.8 Å². The standard InChI is InChI=1S/C48H30N4/c49-31-32-23-25-45-41(27-32)47-46(51(45)37-18-8-3-9-19-37)26-24-40-39-21-10-11-22-44(39)52(48(40)47)38-20-12-17-35(28-38)43-30-36(33-13-4-1-5-14-33)29-42(50-43)34-15-6-2-7-16-34/h1-30H. The second-order valence-corrected chi connectivity index (χ2v) is 13.1. The summed E-state index contributed by atoms with van der Waals surface area (Å²) in [5.74, 6) is 0. The highest BCUT2D eigenvalue weighted by molar-refractivity contribution is 6.26. The Hall–Kier alpha value is -7.22. The summed E-state index contributed by atoms with van der Waals surface area (Å²) < 4.78 is 4.71. The highest BCUT2D eigenvalue weighted by Gasteiger charge is 2.21. The van der Waals surface area contributed by atoms with Crippen molar-refractivity contribution in [3.63, 3.8) is 0 Å². The molecular weight excluding hydrogens is 633 g/mol. The number of nitriles is 1. The van der Waals surface area contributed by atoms with E-state index in [2.05, 4.69) is 167 Å². The molecule has 4 nitrogen and oxygen atoms in total. The van der Waals surface area contributed by atoms with E-state index in [1.54, 1.807) is 0 Å². The number of pyridine rings is 1. The lowest BCUT2D eigenvalue weighted by Gasteiger charge is -2.13. The Morgan fingerprint density at radius 2 is 1.02 bits per heavy atom. The first-order valence-corrected chi connectivity index (χ1v) is 17.4. The highest BCUT2D eigenvalue weighted by atomic mass is 15.0. The Morgan fingerprint density at radius 1 is 0.404 bits per heavy atom. The normalized spacial score (nSPS) is 11.4. The molecule has 10 rings (SSSR count). The fraction of sp³-hybridized carbons (Fsp3) is 0. The highest BCUT2D eigenvalue weighted by Crippen LogP contribution is 2.42. The van der Waals surface area contributed by atoms with Gasteiger partial charge in [0.2, 0.25) is 0 Å². The second kappa shape index (κ2) is 12.0. The fourth-order valence-electron chi connectivity index (χ4n) is 7.79. The maximum atomic E-state index is 10.0. The molecule has 3 heterocycles. The zero-order chi connectivity index (χ0) is 34.6. The first kappa shape index (κ1) is 29.7. The molecule has 52 heavy (non-hydrogen) atoms. The van der Waals surface area contributed by atoms with Crippen LogP contribution in [-0.2, 0) is 0 Å². The van der Waals surface area contributed by atoms with E-state index in [-0.39, 0.29) is 0 Å². The molecular formula is C48H30N4. The monoisotopic (exact) mass is 662 g/mol. The van der Waals surface area contributed by atoms with Crippen LogP contribution in [0.25, 0.3) is 88.6 Å². The van der Waals surface area contributed by atoms with Crippen LogP contribution in [0.3, 0.4) is 0 Å². The molecule has 0 fully saturated rings. The number of nitrogens with zero attached hydrogens (tertiary/aromatic N) is 4. The summed E-state index contributed by atoms with van der Waals surface area (Å²) >= 11 is 0. The van der Waals surface area contributed by atoms with Crippen molar-refractivity contribution in [1.29, 1.82) is 5.26 Å². The summed E-state index contributed by atoms with van der Waals surface area (Å²) in [5.41, 5.74) is 13.4. The molecule has 0 aliphatic heterocycles. The van der Waals surface area contributed by atoms with Gasteiger partial charge in [0.05, 0.1) is 45.1 Å². The van der Waals surface area contributed by atoms with Crippen LogP contribution in [0.2, 0.25) is 0 Å². The molecule has 0 amide bonds. The van der Waals surface area contributed by atoms with E-state index in [1.807, 2.05) is 30.3 Å². The van der Waals surface area contributed by atoms with E-state index >= 15 is 0 Å². The van der Waals surface area contributed by atoms with Crippen LogP contribution in [0, 0.1) is 11.3 Å². The average molecular weight is 663 g/mol. The SMILES string of the molecule is N#Cc1ccc2c(c1)c1c(ccc3c4ccccc4n(-c4cccc(-c5cc(-c6ccccc6)cc(-c6ccccc6)n5)c4)c31)n2-c1ccccc1. The molecule has 0 spiro atoms. The lowest BCUT2D eigenvalue weighted by molar-refractivity contribution is 1.17. The zero-order valence-corrected chi connectivity index (χ0v) is 28.1. The predicted octanol–water partition coefficient (Wildman–Crippen LogP) is 12.1. The quantitative estimate of drug-likeness (QED) is 0.184. The minimum Gasteiger partial charge on any atom is -0.309 e. The van der Waals surface area contributed by atoms with Crippen molar-refractivity contribution < 1.29 is 0 Å². The van der Waals surface area contributed by atoms with E-state index in [9.17, 15) is 5.26 Å². The van der Waals surface area contributed by atoms with Gasteiger partial charge in [-0.05, 0) is 77.9 Å². The number of aromatic nitrogens is 3. The largest absolute Gasteiger partial charge is 0.309 e. The van der Waals surface area contributed by atoms with Gasteiger partial charge in [-0.15, -0.1) is 0 Å². The maximum absolute atomic E-state index is 10.0. The van der Waals surface area contributed by atoms with E-state index in [4.69, 9.17) is 4.98 Å². The summed E-state index contributed by atoms with van der Waals surface area (Å²) in [7, 11) is 0. The molecule has 4 heteroatoms. The smallest absolute Gasteiger partial charge is 0.0991 e. The van der Waals surface area contributed by atoms with Crippen LogP contribution in [0.1, 0.15) is 5.56 Å². The van der Waals surface area contributed by atoms with Crippen molar-refractivity contribution in [2.24, 2.45) is 0 Å². The van der Waals surface area contributed by atoms with Crippen molar-refractivity contribution in [2.75, 3.05) is 0 Å². The molecule has 0 unspecified atom stereocenters. The number of para-hydroxylation sites is 2. The van der Waals surface area contributed by atoms with Crippen molar-refractivity contribution >= 4 is 43.6 Å². The molecule has 0 saturated heterocycles. The van der Waals surface area contributed by atoms with Gasteiger partial charge in [-0.25, -0.2) is 4.98 Å². The van der Waals surface area contributed by atoms with E-state index in [0.717, 1.165) is 77.9 Å². The third-order valence-electron chi connectivity index (χ3n) is 10.1. The minimum atomic E-state index is 0.639. The maximum Gasteiger partial charge on any atom is 0.0991 e. The molecule has 3 aromatic heterocycles. The predicted molar refractivity (Wildman–Crippen MR) is 214 cm³/mol. The van der Waals surface area contributed by atoms with Gasteiger partial charge in [-0.3, -0.25) is 0 Å².